The zero-order valence-electron chi connectivity index (χ0n) is 14.1. The summed E-state index contributed by atoms with van der Waals surface area (Å²) >= 11 is 0. The molecule has 3 nitrogen and oxygen atoms in total. The minimum atomic E-state index is -0.154. The van der Waals surface area contributed by atoms with Crippen LogP contribution in [0.15, 0.2) is 66.7 Å². The van der Waals surface area contributed by atoms with E-state index in [1.165, 1.54) is 0 Å². The van der Waals surface area contributed by atoms with Gasteiger partial charge in [0.25, 0.3) is 0 Å². The first kappa shape index (κ1) is 15.7. The summed E-state index contributed by atoms with van der Waals surface area (Å²) in [6, 6.07) is 21.7. The van der Waals surface area contributed by atoms with Crippen molar-refractivity contribution < 1.29 is 14.3 Å². The number of ether oxygens (including phenoxy) is 2. The van der Waals surface area contributed by atoms with Gasteiger partial charge in [-0.05, 0) is 35.9 Å². The number of carbonyl (C=O) groups excluding carboxylic acids is 1. The van der Waals surface area contributed by atoms with E-state index < -0.39 is 0 Å². The van der Waals surface area contributed by atoms with Gasteiger partial charge in [-0.3, -0.25) is 4.79 Å². The lowest BCUT2D eigenvalue weighted by atomic mass is 9.70. The third-order valence-corrected chi connectivity index (χ3v) is 5.08. The summed E-state index contributed by atoms with van der Waals surface area (Å²) in [5, 5.41) is 2.04. The van der Waals surface area contributed by atoms with Gasteiger partial charge in [0.15, 0.2) is 0 Å². The second-order valence-corrected chi connectivity index (χ2v) is 6.43. The van der Waals surface area contributed by atoms with Gasteiger partial charge < -0.3 is 9.47 Å². The quantitative estimate of drug-likeness (QED) is 0.501. The molecule has 0 radical (unpaired) electrons. The van der Waals surface area contributed by atoms with Crippen molar-refractivity contribution in [3.63, 3.8) is 0 Å². The van der Waals surface area contributed by atoms with Crippen LogP contribution < -0.4 is 9.47 Å². The minimum Gasteiger partial charge on any atom is -0.496 e. The van der Waals surface area contributed by atoms with E-state index in [1.54, 1.807) is 7.11 Å². The van der Waals surface area contributed by atoms with E-state index in [1.807, 2.05) is 66.7 Å². The summed E-state index contributed by atoms with van der Waals surface area (Å²) in [7, 11) is 1.67. The Morgan fingerprint density at radius 3 is 2.40 bits per heavy atom. The molecular formula is C22H20O3. The average Bonchev–Trinajstić information content (AvgIpc) is 2.61. The molecule has 1 aliphatic carbocycles. The normalized spacial score (nSPS) is 19.2. The van der Waals surface area contributed by atoms with Crippen LogP contribution >= 0.6 is 0 Å². The molecular weight excluding hydrogens is 312 g/mol. The monoisotopic (exact) mass is 332 g/mol. The molecule has 0 aliphatic heterocycles. The molecule has 25 heavy (non-hydrogen) atoms. The van der Waals surface area contributed by atoms with Crippen molar-refractivity contribution in [1.82, 2.24) is 0 Å². The van der Waals surface area contributed by atoms with Crippen LogP contribution in [0.5, 0.6) is 11.5 Å². The molecule has 126 valence electrons. The lowest BCUT2D eigenvalue weighted by molar-refractivity contribution is -0.142. The maximum Gasteiger partial charge on any atom is 0.314 e. The topological polar surface area (TPSA) is 35.5 Å². The van der Waals surface area contributed by atoms with Crippen molar-refractivity contribution in [3.8, 4) is 11.5 Å². The largest absolute Gasteiger partial charge is 0.496 e. The maximum absolute atomic E-state index is 12.8. The van der Waals surface area contributed by atoms with Crippen molar-refractivity contribution >= 4 is 16.7 Å². The first-order valence-corrected chi connectivity index (χ1v) is 8.60. The molecule has 0 N–H and O–H groups in total. The molecule has 3 aromatic carbocycles. The van der Waals surface area contributed by atoms with Crippen molar-refractivity contribution in [2.24, 2.45) is 5.92 Å². The fraction of sp³-hybridized carbons (Fsp3) is 0.227. The standard InChI is InChI=1S/C22H20O3/c1-24-20-11-5-4-10-18(20)17-13-14-19(17)22(23)25-21-12-6-8-15-7-2-3-9-16(15)21/h2-12,17,19H,13-14H2,1H3. The Labute approximate surface area is 147 Å². The van der Waals surface area contributed by atoms with Crippen molar-refractivity contribution in [2.75, 3.05) is 7.11 Å². The van der Waals surface area contributed by atoms with Crippen LogP contribution in [0.3, 0.4) is 0 Å². The summed E-state index contributed by atoms with van der Waals surface area (Å²) in [5.74, 6) is 1.37. The van der Waals surface area contributed by atoms with Gasteiger partial charge in [0.1, 0.15) is 11.5 Å². The fourth-order valence-corrected chi connectivity index (χ4v) is 3.60. The van der Waals surface area contributed by atoms with E-state index >= 15 is 0 Å². The van der Waals surface area contributed by atoms with E-state index in [0.29, 0.717) is 5.75 Å². The Hall–Kier alpha value is -2.81. The predicted molar refractivity (Wildman–Crippen MR) is 98.0 cm³/mol. The number of esters is 1. The van der Waals surface area contributed by atoms with Crippen molar-refractivity contribution in [2.45, 2.75) is 18.8 Å². The number of hydrogen-bond donors (Lipinski definition) is 0. The van der Waals surface area contributed by atoms with E-state index in [2.05, 4.69) is 0 Å². The molecule has 0 aromatic heterocycles. The third-order valence-electron chi connectivity index (χ3n) is 5.08. The number of para-hydroxylation sites is 1. The highest BCUT2D eigenvalue weighted by atomic mass is 16.5. The summed E-state index contributed by atoms with van der Waals surface area (Å²) < 4.78 is 11.2. The van der Waals surface area contributed by atoms with Crippen LogP contribution in [-0.2, 0) is 4.79 Å². The van der Waals surface area contributed by atoms with Gasteiger partial charge in [0, 0.05) is 11.3 Å². The molecule has 0 saturated heterocycles. The Balaban J connectivity index is 1.57. The van der Waals surface area contributed by atoms with Crippen LogP contribution in [0, 0.1) is 5.92 Å². The van der Waals surface area contributed by atoms with E-state index in [-0.39, 0.29) is 17.8 Å². The second-order valence-electron chi connectivity index (χ2n) is 6.43. The van der Waals surface area contributed by atoms with Gasteiger partial charge in [-0.25, -0.2) is 0 Å². The van der Waals surface area contributed by atoms with Gasteiger partial charge in [-0.2, -0.15) is 0 Å². The summed E-state index contributed by atoms with van der Waals surface area (Å²) in [4.78, 5) is 12.8. The highest BCUT2D eigenvalue weighted by Crippen LogP contribution is 2.46. The molecule has 0 spiro atoms. The highest BCUT2D eigenvalue weighted by molar-refractivity contribution is 5.91. The Morgan fingerprint density at radius 2 is 1.60 bits per heavy atom. The number of hydrogen-bond acceptors (Lipinski definition) is 3. The van der Waals surface area contributed by atoms with Gasteiger partial charge in [0.05, 0.1) is 13.0 Å². The smallest absolute Gasteiger partial charge is 0.314 e. The fourth-order valence-electron chi connectivity index (χ4n) is 3.60. The number of carbonyl (C=O) groups is 1. The minimum absolute atomic E-state index is 0.115. The zero-order chi connectivity index (χ0) is 17.2. The predicted octanol–water partition coefficient (Wildman–Crippen LogP) is 4.95. The molecule has 4 rings (SSSR count). The molecule has 2 atom stereocenters. The first-order valence-electron chi connectivity index (χ1n) is 8.60. The molecule has 0 bridgehead atoms. The van der Waals surface area contributed by atoms with Gasteiger partial charge in [-0.1, -0.05) is 54.6 Å². The number of methoxy groups -OCH3 is 1. The van der Waals surface area contributed by atoms with Crippen LogP contribution in [0.2, 0.25) is 0 Å². The lowest BCUT2D eigenvalue weighted by Crippen LogP contribution is -2.34. The number of rotatable bonds is 4. The van der Waals surface area contributed by atoms with E-state index in [9.17, 15) is 4.79 Å². The van der Waals surface area contributed by atoms with E-state index in [4.69, 9.17) is 9.47 Å². The highest BCUT2D eigenvalue weighted by Gasteiger charge is 2.40. The summed E-state index contributed by atoms with van der Waals surface area (Å²) in [6.07, 6.45) is 1.84. The Kier molecular flexibility index (Phi) is 4.14. The summed E-state index contributed by atoms with van der Waals surface area (Å²) in [5.41, 5.74) is 1.09. The van der Waals surface area contributed by atoms with Crippen LogP contribution in [0.1, 0.15) is 24.3 Å². The summed E-state index contributed by atoms with van der Waals surface area (Å²) in [6.45, 7) is 0. The third kappa shape index (κ3) is 2.86. The van der Waals surface area contributed by atoms with Crippen molar-refractivity contribution in [1.29, 1.82) is 0 Å². The average molecular weight is 332 g/mol. The number of benzene rings is 3. The molecule has 1 aliphatic rings. The Bertz CT molecular complexity index is 911. The molecule has 3 aromatic rings. The zero-order valence-corrected chi connectivity index (χ0v) is 14.1. The SMILES string of the molecule is COc1ccccc1C1CCC1C(=O)Oc1cccc2ccccc12. The van der Waals surface area contributed by atoms with Gasteiger partial charge >= 0.3 is 5.97 Å². The van der Waals surface area contributed by atoms with E-state index in [0.717, 1.165) is 34.9 Å². The molecule has 3 heteroatoms. The molecule has 0 heterocycles. The van der Waals surface area contributed by atoms with Crippen LogP contribution in [0.25, 0.3) is 10.8 Å². The maximum atomic E-state index is 12.8. The lowest BCUT2D eigenvalue weighted by Gasteiger charge is -2.35. The first-order chi connectivity index (χ1) is 12.3. The molecule has 1 saturated carbocycles. The number of fused-ring (bicyclic) bond motifs is 1. The van der Waals surface area contributed by atoms with Crippen molar-refractivity contribution in [3.05, 3.63) is 72.3 Å². The second kappa shape index (κ2) is 6.60. The van der Waals surface area contributed by atoms with Crippen LogP contribution in [-0.4, -0.2) is 13.1 Å². The van der Waals surface area contributed by atoms with Crippen LogP contribution in [0.4, 0.5) is 0 Å². The van der Waals surface area contributed by atoms with Gasteiger partial charge in [0.2, 0.25) is 0 Å². The van der Waals surface area contributed by atoms with Gasteiger partial charge in [-0.15, -0.1) is 0 Å². The Morgan fingerprint density at radius 1 is 0.880 bits per heavy atom. The molecule has 1 fully saturated rings. The molecule has 0 amide bonds. The molecule has 2 unspecified atom stereocenters.